The second-order valence-corrected chi connectivity index (χ2v) is 7.81. The lowest BCUT2D eigenvalue weighted by molar-refractivity contribution is -0.130. The molecule has 2 saturated heterocycles. The Morgan fingerprint density at radius 2 is 1.95 bits per heavy atom. The Bertz CT molecular complexity index is 380. The van der Waals surface area contributed by atoms with Gasteiger partial charge in [0.1, 0.15) is 0 Å². The molecule has 0 aromatic carbocycles. The lowest BCUT2D eigenvalue weighted by Gasteiger charge is -2.27. The predicted molar refractivity (Wildman–Crippen MR) is 105 cm³/mol. The first-order valence-electron chi connectivity index (χ1n) is 7.99. The van der Waals surface area contributed by atoms with Crippen LogP contribution in [0.15, 0.2) is 4.99 Å². The first kappa shape index (κ1) is 19.9. The highest BCUT2D eigenvalue weighted by molar-refractivity contribution is 14.0. The first-order valence-corrected chi connectivity index (χ1v) is 8.98. The van der Waals surface area contributed by atoms with Gasteiger partial charge < -0.3 is 15.5 Å². The molecule has 2 aliphatic heterocycles. The molecule has 2 rings (SSSR count). The van der Waals surface area contributed by atoms with Gasteiger partial charge in [-0.05, 0) is 44.8 Å². The number of thioether (sulfide) groups is 1. The third-order valence-corrected chi connectivity index (χ3v) is 5.81. The molecule has 1 amide bonds. The molecule has 7 heteroatoms. The summed E-state index contributed by atoms with van der Waals surface area (Å²) >= 11 is 2.02. The van der Waals surface area contributed by atoms with E-state index < -0.39 is 0 Å². The molecular weight excluding hydrogens is 411 g/mol. The summed E-state index contributed by atoms with van der Waals surface area (Å²) in [6.07, 6.45) is 6.05. The van der Waals surface area contributed by atoms with Crippen LogP contribution in [0.5, 0.6) is 0 Å². The van der Waals surface area contributed by atoms with Gasteiger partial charge in [-0.25, -0.2) is 0 Å². The number of carbonyl (C=O) groups excluding carboxylic acids is 1. The lowest BCUT2D eigenvalue weighted by Crippen LogP contribution is -2.48. The summed E-state index contributed by atoms with van der Waals surface area (Å²) in [7, 11) is 1.75. The summed E-state index contributed by atoms with van der Waals surface area (Å²) < 4.78 is 0.300. The molecule has 0 saturated carbocycles. The van der Waals surface area contributed by atoms with Crippen LogP contribution in [0, 0.1) is 0 Å². The van der Waals surface area contributed by atoms with Gasteiger partial charge in [-0.1, -0.05) is 0 Å². The Hall–Kier alpha value is -0.180. The van der Waals surface area contributed by atoms with Crippen LogP contribution in [0.1, 0.15) is 39.0 Å². The van der Waals surface area contributed by atoms with Gasteiger partial charge in [0, 0.05) is 31.4 Å². The van der Waals surface area contributed by atoms with E-state index in [2.05, 4.69) is 22.5 Å². The number of nitrogens with one attached hydrogen (secondary N) is 2. The molecule has 0 aromatic heterocycles. The summed E-state index contributed by atoms with van der Waals surface area (Å²) in [4.78, 5) is 18.3. The van der Waals surface area contributed by atoms with Gasteiger partial charge in [0.2, 0.25) is 5.91 Å². The van der Waals surface area contributed by atoms with E-state index in [-0.39, 0.29) is 29.9 Å². The summed E-state index contributed by atoms with van der Waals surface area (Å²) in [5.74, 6) is 2.16. The van der Waals surface area contributed by atoms with Crippen molar-refractivity contribution < 1.29 is 4.79 Å². The molecule has 22 heavy (non-hydrogen) atoms. The fourth-order valence-electron chi connectivity index (χ4n) is 2.88. The van der Waals surface area contributed by atoms with Gasteiger partial charge in [0.25, 0.3) is 0 Å². The van der Waals surface area contributed by atoms with E-state index in [1.54, 1.807) is 7.05 Å². The third-order valence-electron chi connectivity index (χ3n) is 4.27. The molecule has 128 valence electrons. The number of aliphatic imine (C=N–C) groups is 1. The average Bonchev–Trinajstić information content (AvgIpc) is 2.95. The highest BCUT2D eigenvalue weighted by Gasteiger charge is 2.29. The largest absolute Gasteiger partial charge is 0.355 e. The van der Waals surface area contributed by atoms with Crippen LogP contribution in [0.4, 0.5) is 0 Å². The number of halogens is 1. The molecule has 0 radical (unpaired) electrons. The molecule has 1 unspecified atom stereocenters. The maximum atomic E-state index is 12.1. The summed E-state index contributed by atoms with van der Waals surface area (Å²) in [5.41, 5.74) is 0. The van der Waals surface area contributed by atoms with Crippen molar-refractivity contribution in [2.24, 2.45) is 4.99 Å². The molecule has 0 spiro atoms. The molecule has 5 nitrogen and oxygen atoms in total. The number of rotatable bonds is 4. The summed E-state index contributed by atoms with van der Waals surface area (Å²) in [5, 5.41) is 6.50. The molecule has 0 aliphatic carbocycles. The van der Waals surface area contributed by atoms with Crippen LogP contribution in [-0.4, -0.2) is 60.5 Å². The number of carbonyl (C=O) groups is 1. The van der Waals surface area contributed by atoms with Gasteiger partial charge in [0.15, 0.2) is 5.96 Å². The van der Waals surface area contributed by atoms with E-state index in [0.29, 0.717) is 11.3 Å². The maximum absolute atomic E-state index is 12.1. The van der Waals surface area contributed by atoms with Crippen LogP contribution in [-0.2, 0) is 4.79 Å². The number of piperidine rings is 1. The van der Waals surface area contributed by atoms with E-state index in [1.807, 2.05) is 16.7 Å². The SMILES string of the molecule is CN=C(NCC(=O)N1CCCCC1)NCC1(C)CCCS1.I. The molecule has 2 fully saturated rings. The van der Waals surface area contributed by atoms with Gasteiger partial charge >= 0.3 is 0 Å². The zero-order chi connectivity index (χ0) is 15.1. The van der Waals surface area contributed by atoms with Crippen LogP contribution in [0.25, 0.3) is 0 Å². The molecule has 2 aliphatic rings. The Morgan fingerprint density at radius 1 is 1.23 bits per heavy atom. The van der Waals surface area contributed by atoms with Crippen molar-refractivity contribution in [2.75, 3.05) is 39.0 Å². The Balaban J connectivity index is 0.00000242. The monoisotopic (exact) mass is 440 g/mol. The van der Waals surface area contributed by atoms with Gasteiger partial charge in [-0.3, -0.25) is 9.79 Å². The van der Waals surface area contributed by atoms with Crippen molar-refractivity contribution in [2.45, 2.75) is 43.8 Å². The standard InChI is InChI=1S/C15H28N4OS.HI/c1-15(7-6-10-21-15)12-18-14(16-2)17-11-13(20)19-8-4-3-5-9-19;/h3-12H2,1-2H3,(H2,16,17,18);1H. The second-order valence-electron chi connectivity index (χ2n) is 6.12. The Morgan fingerprint density at radius 3 is 2.55 bits per heavy atom. The topological polar surface area (TPSA) is 56.7 Å². The minimum atomic E-state index is 0. The smallest absolute Gasteiger partial charge is 0.241 e. The van der Waals surface area contributed by atoms with E-state index >= 15 is 0 Å². The minimum absolute atomic E-state index is 0. The fraction of sp³-hybridized carbons (Fsp3) is 0.867. The highest BCUT2D eigenvalue weighted by Crippen LogP contribution is 2.36. The highest BCUT2D eigenvalue weighted by atomic mass is 127. The molecule has 2 N–H and O–H groups in total. The number of guanidine groups is 1. The van der Waals surface area contributed by atoms with Crippen LogP contribution in [0.2, 0.25) is 0 Å². The fourth-order valence-corrected chi connectivity index (χ4v) is 4.13. The number of amides is 1. The molecule has 0 bridgehead atoms. The van der Waals surface area contributed by atoms with Crippen molar-refractivity contribution >= 4 is 47.6 Å². The third kappa shape index (κ3) is 6.14. The quantitative estimate of drug-likeness (QED) is 0.399. The zero-order valence-corrected chi connectivity index (χ0v) is 16.8. The Labute approximate surface area is 155 Å². The molecule has 1 atom stereocenters. The van der Waals surface area contributed by atoms with Gasteiger partial charge in [0.05, 0.1) is 6.54 Å². The average molecular weight is 440 g/mol. The summed E-state index contributed by atoms with van der Waals surface area (Å²) in [6, 6.07) is 0. The van der Waals surface area contributed by atoms with Crippen molar-refractivity contribution in [1.82, 2.24) is 15.5 Å². The molecule has 0 aromatic rings. The maximum Gasteiger partial charge on any atom is 0.241 e. The predicted octanol–water partition coefficient (Wildman–Crippen LogP) is 2.07. The normalized spacial score (nSPS) is 25.5. The lowest BCUT2D eigenvalue weighted by atomic mass is 10.1. The number of hydrogen-bond donors (Lipinski definition) is 2. The molecular formula is C15H29IN4OS. The van der Waals surface area contributed by atoms with Crippen LogP contribution in [0.3, 0.4) is 0 Å². The summed E-state index contributed by atoms with van der Waals surface area (Å²) in [6.45, 7) is 5.34. The van der Waals surface area contributed by atoms with Gasteiger partial charge in [-0.2, -0.15) is 11.8 Å². The van der Waals surface area contributed by atoms with Crippen LogP contribution >= 0.6 is 35.7 Å². The van der Waals surface area contributed by atoms with E-state index in [0.717, 1.165) is 38.4 Å². The van der Waals surface area contributed by atoms with Gasteiger partial charge in [-0.15, -0.1) is 24.0 Å². The number of nitrogens with zero attached hydrogens (tertiary/aromatic N) is 2. The first-order chi connectivity index (χ1) is 10.1. The van der Waals surface area contributed by atoms with Crippen LogP contribution < -0.4 is 10.6 Å². The Kier molecular flexibility index (Phi) is 8.89. The van der Waals surface area contributed by atoms with Crippen molar-refractivity contribution in [3.05, 3.63) is 0 Å². The molecule has 2 heterocycles. The number of likely N-dealkylation sites (tertiary alicyclic amines) is 1. The van der Waals surface area contributed by atoms with E-state index in [9.17, 15) is 4.79 Å². The van der Waals surface area contributed by atoms with Crippen molar-refractivity contribution in [3.63, 3.8) is 0 Å². The number of hydrogen-bond acceptors (Lipinski definition) is 3. The van der Waals surface area contributed by atoms with E-state index in [4.69, 9.17) is 0 Å². The zero-order valence-electron chi connectivity index (χ0n) is 13.7. The van der Waals surface area contributed by atoms with Crippen molar-refractivity contribution in [1.29, 1.82) is 0 Å². The minimum Gasteiger partial charge on any atom is -0.355 e. The van der Waals surface area contributed by atoms with Crippen molar-refractivity contribution in [3.8, 4) is 0 Å². The van der Waals surface area contributed by atoms with E-state index in [1.165, 1.54) is 25.0 Å². The second kappa shape index (κ2) is 9.85.